The third-order valence-electron chi connectivity index (χ3n) is 6.71. The summed E-state index contributed by atoms with van der Waals surface area (Å²) in [6, 6.07) is 10.6. The Balaban J connectivity index is 1.48. The summed E-state index contributed by atoms with van der Waals surface area (Å²) >= 11 is 5.57. The normalized spacial score (nSPS) is 17.6. The lowest BCUT2D eigenvalue weighted by molar-refractivity contribution is -0.405. The smallest absolute Gasteiger partial charge is 0.412 e. The lowest BCUT2D eigenvalue weighted by Crippen LogP contribution is -2.44. The SMILES string of the molecule is C[C@@H]1CCN(C(=O)CC#N)CC1C=[N+](C)c1ncnc2c1ccn2C(=S)Oc1ccc(NC(=O)OC(C)(C)C)cc1. The molecule has 3 aromatic rings. The number of likely N-dealkylation sites (tertiary alicyclic amines) is 1. The molecular weight excluding hydrogens is 542 g/mol. The van der Waals surface area contributed by atoms with Crippen molar-refractivity contribution >= 4 is 58.1 Å². The van der Waals surface area contributed by atoms with Gasteiger partial charge < -0.3 is 14.4 Å². The van der Waals surface area contributed by atoms with Gasteiger partial charge in [0.15, 0.2) is 5.65 Å². The van der Waals surface area contributed by atoms with E-state index in [9.17, 15) is 9.59 Å². The van der Waals surface area contributed by atoms with E-state index in [1.54, 1.807) is 60.7 Å². The van der Waals surface area contributed by atoms with Crippen LogP contribution in [0.5, 0.6) is 5.75 Å². The van der Waals surface area contributed by atoms with Crippen LogP contribution < -0.4 is 10.1 Å². The van der Waals surface area contributed by atoms with Crippen LogP contribution >= 0.6 is 12.2 Å². The highest BCUT2D eigenvalue weighted by molar-refractivity contribution is 7.80. The summed E-state index contributed by atoms with van der Waals surface area (Å²) in [4.78, 5) is 35.0. The van der Waals surface area contributed by atoms with E-state index < -0.39 is 11.7 Å². The molecule has 214 valence electrons. The van der Waals surface area contributed by atoms with Gasteiger partial charge in [-0.3, -0.25) is 14.7 Å². The Bertz CT molecular complexity index is 1520. The Morgan fingerprint density at radius 1 is 1.24 bits per heavy atom. The van der Waals surface area contributed by atoms with Crippen molar-refractivity contribution in [2.45, 2.75) is 46.1 Å². The first-order valence-electron chi connectivity index (χ1n) is 13.3. The minimum absolute atomic E-state index is 0.105. The Hall–Kier alpha value is -4.37. The van der Waals surface area contributed by atoms with Gasteiger partial charge in [0.25, 0.3) is 5.17 Å². The average molecular weight is 577 g/mol. The molecule has 1 N–H and O–H groups in total. The van der Waals surface area contributed by atoms with Crippen LogP contribution in [0.2, 0.25) is 0 Å². The summed E-state index contributed by atoms with van der Waals surface area (Å²) in [5.74, 6) is 1.54. The molecule has 1 aliphatic rings. The maximum absolute atomic E-state index is 12.3. The maximum Gasteiger partial charge on any atom is 0.412 e. The molecule has 0 aliphatic carbocycles. The lowest BCUT2D eigenvalue weighted by atomic mass is 9.87. The van der Waals surface area contributed by atoms with E-state index in [1.165, 1.54) is 6.33 Å². The van der Waals surface area contributed by atoms with Gasteiger partial charge in [-0.2, -0.15) is 10.2 Å². The Morgan fingerprint density at radius 3 is 2.66 bits per heavy atom. The van der Waals surface area contributed by atoms with Crippen LogP contribution in [0.15, 0.2) is 42.9 Å². The molecule has 0 bridgehead atoms. The number of benzene rings is 1. The van der Waals surface area contributed by atoms with E-state index in [2.05, 4.69) is 28.4 Å². The number of ether oxygens (including phenoxy) is 2. The second kappa shape index (κ2) is 12.4. The largest absolute Gasteiger partial charge is 0.444 e. The van der Waals surface area contributed by atoms with Gasteiger partial charge in [-0.1, -0.05) is 6.92 Å². The topological polar surface area (TPSA) is 125 Å². The fourth-order valence-electron chi connectivity index (χ4n) is 4.60. The predicted octanol–water partition coefficient (Wildman–Crippen LogP) is 4.73. The van der Waals surface area contributed by atoms with Crippen LogP contribution in [0.1, 0.15) is 40.5 Å². The van der Waals surface area contributed by atoms with Gasteiger partial charge in [0.2, 0.25) is 12.2 Å². The van der Waals surface area contributed by atoms with Gasteiger partial charge in [0.05, 0.1) is 19.3 Å². The molecule has 1 saturated heterocycles. The number of amides is 2. The van der Waals surface area contributed by atoms with Crippen molar-refractivity contribution in [1.29, 1.82) is 5.26 Å². The molecule has 1 unspecified atom stereocenters. The van der Waals surface area contributed by atoms with Crippen molar-refractivity contribution < 1.29 is 23.6 Å². The zero-order valence-corrected chi connectivity index (χ0v) is 24.6. The lowest BCUT2D eigenvalue weighted by Gasteiger charge is -2.34. The fraction of sp³-hybridized carbons (Fsp3) is 0.414. The summed E-state index contributed by atoms with van der Waals surface area (Å²) in [7, 11) is 1.92. The molecule has 41 heavy (non-hydrogen) atoms. The molecule has 11 nitrogen and oxygen atoms in total. The summed E-state index contributed by atoms with van der Waals surface area (Å²) in [6.07, 6.45) is 5.56. The second-order valence-corrected chi connectivity index (χ2v) is 11.4. The van der Waals surface area contributed by atoms with Crippen LogP contribution in [-0.4, -0.2) is 73.1 Å². The van der Waals surface area contributed by atoms with Crippen molar-refractivity contribution in [2.24, 2.45) is 11.8 Å². The van der Waals surface area contributed by atoms with E-state index in [1.807, 2.05) is 23.8 Å². The quantitative estimate of drug-likeness (QED) is 0.263. The zero-order chi connectivity index (χ0) is 29.7. The van der Waals surface area contributed by atoms with Crippen LogP contribution in [0.25, 0.3) is 11.0 Å². The van der Waals surface area contributed by atoms with Gasteiger partial charge in [-0.05, 0) is 80.6 Å². The van der Waals surface area contributed by atoms with Crippen LogP contribution in [0.4, 0.5) is 16.3 Å². The number of nitrogens with one attached hydrogen (secondary N) is 1. The van der Waals surface area contributed by atoms with Crippen molar-refractivity contribution in [1.82, 2.24) is 19.4 Å². The van der Waals surface area contributed by atoms with Crippen LogP contribution in [0, 0.1) is 23.2 Å². The first-order valence-corrected chi connectivity index (χ1v) is 13.7. The van der Waals surface area contributed by atoms with E-state index in [4.69, 9.17) is 27.0 Å². The van der Waals surface area contributed by atoms with Crippen molar-refractivity contribution in [2.75, 3.05) is 25.5 Å². The summed E-state index contributed by atoms with van der Waals surface area (Å²) in [6.45, 7) is 8.79. The number of piperidine rings is 1. The molecule has 4 rings (SSSR count). The number of carbonyl (C=O) groups excluding carboxylic acids is 2. The monoisotopic (exact) mass is 576 g/mol. The van der Waals surface area contributed by atoms with Gasteiger partial charge in [-0.15, -0.1) is 0 Å². The average Bonchev–Trinajstić information content (AvgIpc) is 3.34. The molecule has 0 spiro atoms. The minimum atomic E-state index is -0.594. The molecule has 12 heteroatoms. The molecule has 1 aromatic carbocycles. The third kappa shape index (κ3) is 7.43. The molecule has 2 aromatic heterocycles. The predicted molar refractivity (Wildman–Crippen MR) is 158 cm³/mol. The first kappa shape index (κ1) is 29.6. The number of anilines is 1. The third-order valence-corrected chi connectivity index (χ3v) is 6.99. The zero-order valence-electron chi connectivity index (χ0n) is 23.8. The number of nitriles is 1. The summed E-state index contributed by atoms with van der Waals surface area (Å²) in [5, 5.41) is 12.6. The number of hydrogen-bond acceptors (Lipinski definition) is 8. The second-order valence-electron chi connectivity index (χ2n) is 11.0. The standard InChI is InChI=1S/C29H33N7O4S/c1-19-11-14-35(24(37)10-13-30)17-20(19)16-34(5)25-23-12-15-36(26(23)32-18-31-25)28(41)39-22-8-6-21(7-9-22)33-27(38)40-29(2,3)4/h6-9,12,15-16,18-20H,10-11,14,17H2,1-5H3/p+1/t19-,20?/m1/s1. The van der Waals surface area contributed by atoms with Gasteiger partial charge in [0, 0.05) is 30.9 Å². The number of hydrogen-bond donors (Lipinski definition) is 1. The van der Waals surface area contributed by atoms with Crippen LogP contribution in [0.3, 0.4) is 0 Å². The van der Waals surface area contributed by atoms with Crippen molar-refractivity contribution in [3.05, 3.63) is 42.9 Å². The highest BCUT2D eigenvalue weighted by Crippen LogP contribution is 2.26. The Kier molecular flexibility index (Phi) is 8.98. The van der Waals surface area contributed by atoms with Crippen molar-refractivity contribution in [3.63, 3.8) is 0 Å². The fourth-order valence-corrected chi connectivity index (χ4v) is 4.84. The Labute approximate surface area is 244 Å². The highest BCUT2D eigenvalue weighted by Gasteiger charge is 2.30. The maximum atomic E-state index is 12.3. The number of thiocarbonyl (C=S) groups is 1. The first-order chi connectivity index (χ1) is 19.4. The molecule has 0 radical (unpaired) electrons. The van der Waals surface area contributed by atoms with Gasteiger partial charge >= 0.3 is 11.9 Å². The number of rotatable bonds is 5. The molecular formula is C29H34N7O4S+. The van der Waals surface area contributed by atoms with E-state index in [0.717, 1.165) is 11.8 Å². The van der Waals surface area contributed by atoms with Gasteiger partial charge in [0.1, 0.15) is 23.2 Å². The molecule has 2 amide bonds. The van der Waals surface area contributed by atoms with Crippen LogP contribution in [-0.2, 0) is 9.53 Å². The minimum Gasteiger partial charge on any atom is -0.444 e. The van der Waals surface area contributed by atoms with E-state index >= 15 is 0 Å². The van der Waals surface area contributed by atoms with Crippen molar-refractivity contribution in [3.8, 4) is 11.8 Å². The Morgan fingerprint density at radius 2 is 1.98 bits per heavy atom. The molecule has 2 atom stereocenters. The molecule has 1 aliphatic heterocycles. The molecule has 3 heterocycles. The van der Waals surface area contributed by atoms with Gasteiger partial charge in [-0.25, -0.2) is 9.37 Å². The summed E-state index contributed by atoms with van der Waals surface area (Å²) < 4.78 is 14.8. The number of fused-ring (bicyclic) bond motifs is 1. The number of carbonyl (C=O) groups is 2. The summed E-state index contributed by atoms with van der Waals surface area (Å²) in [5.41, 5.74) is 0.556. The highest BCUT2D eigenvalue weighted by atomic mass is 32.1. The molecule has 0 saturated carbocycles. The number of nitrogens with zero attached hydrogens (tertiary/aromatic N) is 6. The van der Waals surface area contributed by atoms with E-state index in [-0.39, 0.29) is 23.4 Å². The van der Waals surface area contributed by atoms with E-state index in [0.29, 0.717) is 41.9 Å². The molecule has 1 fully saturated rings. The number of aromatic nitrogens is 3.